The first-order valence-corrected chi connectivity index (χ1v) is 9.80. The minimum Gasteiger partial charge on any atom is -0.444 e. The number of aliphatic imine (C=N–C) groups is 1. The number of nitrogens with two attached hydrogens (primary N) is 1. The molecule has 0 fully saturated rings. The van der Waals surface area contributed by atoms with Crippen molar-refractivity contribution in [2.45, 2.75) is 71.4 Å². The monoisotopic (exact) mass is 475 g/mol. The first-order chi connectivity index (χ1) is 14.9. The molecule has 0 aliphatic heterocycles. The van der Waals surface area contributed by atoms with Gasteiger partial charge in [-0.3, -0.25) is 4.79 Å². The molecule has 0 aromatic heterocycles. The van der Waals surface area contributed by atoms with Crippen LogP contribution in [0.15, 0.2) is 29.3 Å². The van der Waals surface area contributed by atoms with E-state index >= 15 is 0 Å². The van der Waals surface area contributed by atoms with Crippen LogP contribution in [0.3, 0.4) is 0 Å². The van der Waals surface area contributed by atoms with Gasteiger partial charge in [0.2, 0.25) is 0 Å². The van der Waals surface area contributed by atoms with Crippen LogP contribution in [0, 0.1) is 0 Å². The number of halogens is 3. The maximum Gasteiger partial charge on any atom is 0.514 e. The van der Waals surface area contributed by atoms with Crippen molar-refractivity contribution >= 4 is 24.0 Å². The van der Waals surface area contributed by atoms with Gasteiger partial charge in [0, 0.05) is 0 Å². The summed E-state index contributed by atoms with van der Waals surface area (Å²) >= 11 is 0. The molecule has 184 valence electrons. The molecule has 0 saturated heterocycles. The number of carbonyl (C=O) groups excluding carboxylic acids is 3. The van der Waals surface area contributed by atoms with Gasteiger partial charge in [-0.05, 0) is 65.7 Å². The van der Waals surface area contributed by atoms with Crippen LogP contribution in [0.1, 0.15) is 47.1 Å². The molecule has 33 heavy (non-hydrogen) atoms. The topological polar surface area (TPSA) is 129 Å². The van der Waals surface area contributed by atoms with E-state index in [4.69, 9.17) is 19.9 Å². The predicted molar refractivity (Wildman–Crippen MR) is 113 cm³/mol. The van der Waals surface area contributed by atoms with E-state index in [-0.39, 0.29) is 12.2 Å². The average molecular weight is 475 g/mol. The molecule has 1 rings (SSSR count). The number of amides is 2. The fraction of sp³-hybridized carbons (Fsp3) is 0.524. The molecule has 1 aromatic rings. The number of hydrogen-bond donors (Lipinski definition) is 2. The summed E-state index contributed by atoms with van der Waals surface area (Å²) in [4.78, 5) is 37.9. The molecule has 1 atom stereocenters. The van der Waals surface area contributed by atoms with Crippen LogP contribution >= 0.6 is 0 Å². The molecule has 0 aliphatic rings. The first-order valence-electron chi connectivity index (χ1n) is 9.80. The number of carbonyl (C=O) groups is 3. The third kappa shape index (κ3) is 11.2. The zero-order chi connectivity index (χ0) is 25.6. The van der Waals surface area contributed by atoms with Crippen LogP contribution in [0.25, 0.3) is 0 Å². The molecule has 0 unspecified atom stereocenters. The molecule has 3 N–H and O–H groups in total. The number of alkyl carbamates (subject to hydrolysis) is 1. The van der Waals surface area contributed by atoms with Gasteiger partial charge in [-0.1, -0.05) is 12.1 Å². The Morgan fingerprint density at radius 3 is 1.94 bits per heavy atom. The smallest absolute Gasteiger partial charge is 0.444 e. The molecule has 0 heterocycles. The summed E-state index contributed by atoms with van der Waals surface area (Å²) in [6.07, 6.45) is -7.23. The maximum absolute atomic E-state index is 12.6. The number of nitrogens with zero attached hydrogens (tertiary/aromatic N) is 1. The van der Waals surface area contributed by atoms with Crippen molar-refractivity contribution in [1.29, 1.82) is 0 Å². The third-order valence-corrected chi connectivity index (χ3v) is 3.48. The molecule has 0 radical (unpaired) electrons. The van der Waals surface area contributed by atoms with Gasteiger partial charge in [0.05, 0.1) is 6.04 Å². The molecule has 12 heteroatoms. The lowest BCUT2D eigenvalue weighted by Crippen LogP contribution is -2.48. The minimum atomic E-state index is -5.22. The summed E-state index contributed by atoms with van der Waals surface area (Å²) in [7, 11) is 0. The lowest BCUT2D eigenvalue weighted by Gasteiger charge is -2.23. The van der Waals surface area contributed by atoms with E-state index in [9.17, 15) is 27.6 Å². The Morgan fingerprint density at radius 1 is 0.970 bits per heavy atom. The maximum atomic E-state index is 12.6. The van der Waals surface area contributed by atoms with Crippen LogP contribution in [0.4, 0.5) is 22.8 Å². The van der Waals surface area contributed by atoms with E-state index in [1.54, 1.807) is 41.5 Å². The molecular formula is C21H28F3N3O6. The predicted octanol–water partition coefficient (Wildman–Crippen LogP) is 3.88. The zero-order valence-corrected chi connectivity index (χ0v) is 19.2. The molecule has 2 amide bonds. The molecule has 0 aliphatic carbocycles. The van der Waals surface area contributed by atoms with Crippen molar-refractivity contribution in [3.8, 4) is 5.75 Å². The van der Waals surface area contributed by atoms with Gasteiger partial charge in [-0.25, -0.2) is 9.59 Å². The van der Waals surface area contributed by atoms with Gasteiger partial charge in [-0.15, -0.1) is 0 Å². The van der Waals surface area contributed by atoms with Crippen molar-refractivity contribution in [2.75, 3.05) is 0 Å². The highest BCUT2D eigenvalue weighted by molar-refractivity contribution is 5.99. The lowest BCUT2D eigenvalue weighted by atomic mass is 10.0. The molecule has 0 spiro atoms. The Hall–Kier alpha value is -3.31. The van der Waals surface area contributed by atoms with Crippen molar-refractivity contribution < 1.29 is 41.8 Å². The first kappa shape index (κ1) is 27.7. The number of nitrogens with one attached hydrogen (secondary N) is 1. The van der Waals surface area contributed by atoms with Crippen molar-refractivity contribution in [3.63, 3.8) is 0 Å². The number of rotatable bonds is 5. The van der Waals surface area contributed by atoms with E-state index in [1.807, 2.05) is 0 Å². The van der Waals surface area contributed by atoms with Gasteiger partial charge < -0.3 is 25.3 Å². The Labute approximate surface area is 189 Å². The molecule has 0 saturated carbocycles. The Bertz CT molecular complexity index is 884. The van der Waals surface area contributed by atoms with E-state index < -0.39 is 47.4 Å². The van der Waals surface area contributed by atoms with Crippen LogP contribution < -0.4 is 15.8 Å². The fourth-order valence-electron chi connectivity index (χ4n) is 2.23. The normalized spacial score (nSPS) is 13.7. The van der Waals surface area contributed by atoms with E-state index in [1.165, 1.54) is 24.3 Å². The van der Waals surface area contributed by atoms with Gasteiger partial charge >= 0.3 is 24.3 Å². The number of hydrogen-bond acceptors (Lipinski definition) is 6. The summed E-state index contributed by atoms with van der Waals surface area (Å²) in [5.74, 6) is -3.01. The summed E-state index contributed by atoms with van der Waals surface area (Å²) < 4.78 is 52.8. The van der Waals surface area contributed by atoms with Crippen LogP contribution in [0.5, 0.6) is 5.75 Å². The molecule has 0 bridgehead atoms. The average Bonchev–Trinajstić information content (AvgIpc) is 2.58. The second-order valence-corrected chi connectivity index (χ2v) is 8.95. The molecule has 1 aromatic carbocycles. The van der Waals surface area contributed by atoms with E-state index in [0.29, 0.717) is 5.56 Å². The zero-order valence-electron chi connectivity index (χ0n) is 19.2. The van der Waals surface area contributed by atoms with E-state index in [0.717, 1.165) is 0 Å². The number of alkyl halides is 3. The van der Waals surface area contributed by atoms with Gasteiger partial charge in [-0.2, -0.15) is 18.2 Å². The highest BCUT2D eigenvalue weighted by Gasteiger charge is 2.39. The standard InChI is InChI=1S/C21H28F3N3O6/c1-19(2,3)32-17(29)26-14(15(25)27-16(28)21(22,23)24)11-12-7-9-13(10-8-12)31-18(30)33-20(4,5)6/h7-10,14H,11H2,1-6H3,(H,26,29)(H2,25,27,28)/t14-/m0/s1. The van der Waals surface area contributed by atoms with Crippen molar-refractivity contribution in [2.24, 2.45) is 10.7 Å². The second kappa shape index (κ2) is 10.5. The number of amidine groups is 1. The van der Waals surface area contributed by atoms with Gasteiger partial charge in [0.1, 0.15) is 22.8 Å². The van der Waals surface area contributed by atoms with Crippen molar-refractivity contribution in [1.82, 2.24) is 5.32 Å². The lowest BCUT2D eigenvalue weighted by molar-refractivity contribution is -0.169. The number of benzene rings is 1. The summed E-state index contributed by atoms with van der Waals surface area (Å²) in [6.45, 7) is 9.79. The number of ether oxygens (including phenoxy) is 3. The molecule has 9 nitrogen and oxygen atoms in total. The highest BCUT2D eigenvalue weighted by atomic mass is 19.4. The molecular weight excluding hydrogens is 447 g/mol. The summed E-state index contributed by atoms with van der Waals surface area (Å²) in [5, 5.41) is 2.31. The van der Waals surface area contributed by atoms with Crippen LogP contribution in [-0.4, -0.2) is 47.4 Å². The van der Waals surface area contributed by atoms with Gasteiger partial charge in [0.15, 0.2) is 0 Å². The summed E-state index contributed by atoms with van der Waals surface area (Å²) in [5.41, 5.74) is 4.45. The Kier molecular flexibility index (Phi) is 8.85. The van der Waals surface area contributed by atoms with Crippen molar-refractivity contribution in [3.05, 3.63) is 29.8 Å². The van der Waals surface area contributed by atoms with Crippen LogP contribution in [0.2, 0.25) is 0 Å². The van der Waals surface area contributed by atoms with E-state index in [2.05, 4.69) is 10.3 Å². The largest absolute Gasteiger partial charge is 0.514 e. The SMILES string of the molecule is CC(C)(C)OC(=O)N[C@@H](Cc1ccc(OC(=O)OC(C)(C)C)cc1)C(N)=NC(=O)C(F)(F)F. The third-order valence-electron chi connectivity index (χ3n) is 3.48. The Balaban J connectivity index is 3.02. The van der Waals surface area contributed by atoms with Gasteiger partial charge in [0.25, 0.3) is 0 Å². The fourth-order valence-corrected chi connectivity index (χ4v) is 2.23. The summed E-state index contributed by atoms with van der Waals surface area (Å²) in [6, 6.07) is 4.52. The minimum absolute atomic E-state index is 0.133. The highest BCUT2D eigenvalue weighted by Crippen LogP contribution is 2.18. The second-order valence-electron chi connectivity index (χ2n) is 8.95. The Morgan fingerprint density at radius 2 is 1.48 bits per heavy atom. The quantitative estimate of drug-likeness (QED) is 0.286. The van der Waals surface area contributed by atoms with Crippen LogP contribution in [-0.2, 0) is 20.7 Å².